The predicted octanol–water partition coefficient (Wildman–Crippen LogP) is 4.02. The lowest BCUT2D eigenvalue weighted by Crippen LogP contribution is -2.41. The molecule has 8 nitrogen and oxygen atoms in total. The molecule has 0 saturated carbocycles. The first-order chi connectivity index (χ1) is 19.0. The van der Waals surface area contributed by atoms with Crippen LogP contribution in [-0.2, 0) is 40.7 Å². The molecule has 1 aromatic heterocycles. The lowest BCUT2D eigenvalue weighted by molar-refractivity contribution is -0.136. The molecule has 6 rings (SSSR count). The molecule has 0 spiro atoms. The lowest BCUT2D eigenvalue weighted by Gasteiger charge is -2.34. The largest absolute Gasteiger partial charge is 0.350 e. The van der Waals surface area contributed by atoms with Crippen molar-refractivity contribution in [3.8, 4) is 0 Å². The third-order valence-electron chi connectivity index (χ3n) is 8.48. The molecule has 39 heavy (non-hydrogen) atoms. The molecule has 0 unspecified atom stereocenters. The molecule has 2 saturated heterocycles. The first-order valence-corrected chi connectivity index (χ1v) is 14.0. The van der Waals surface area contributed by atoms with E-state index in [0.29, 0.717) is 44.1 Å². The van der Waals surface area contributed by atoms with Crippen molar-refractivity contribution in [2.45, 2.75) is 51.9 Å². The molecule has 3 aromatic rings. The van der Waals surface area contributed by atoms with Gasteiger partial charge in [-0.05, 0) is 61.1 Å². The number of hydrogen-bond donors (Lipinski definition) is 0. The molecule has 204 valence electrons. The Hall–Kier alpha value is -3.49. The normalized spacial score (nSPS) is 18.1. The first-order valence-electron chi connectivity index (χ1n) is 14.0. The fourth-order valence-electron chi connectivity index (χ4n) is 6.14. The van der Waals surface area contributed by atoms with Crippen LogP contribution >= 0.6 is 0 Å². The molecule has 2 fully saturated rings. The van der Waals surface area contributed by atoms with Crippen molar-refractivity contribution in [3.63, 3.8) is 0 Å². The maximum Gasteiger partial charge on any atom is 0.258 e. The van der Waals surface area contributed by atoms with Gasteiger partial charge in [-0.15, -0.1) is 0 Å². The van der Waals surface area contributed by atoms with Gasteiger partial charge in [0.15, 0.2) is 6.29 Å². The summed E-state index contributed by atoms with van der Waals surface area (Å²) < 4.78 is 13.2. The number of benzene rings is 2. The molecular weight excluding hydrogens is 492 g/mol. The maximum absolute atomic E-state index is 13.8. The summed E-state index contributed by atoms with van der Waals surface area (Å²) in [5.74, 6) is 0.544. The summed E-state index contributed by atoms with van der Waals surface area (Å²) in [6.07, 6.45) is 5.50. The monoisotopic (exact) mass is 528 g/mol. The average molecular weight is 529 g/mol. The molecule has 8 heteroatoms. The van der Waals surface area contributed by atoms with E-state index in [1.54, 1.807) is 0 Å². The number of hydrogen-bond acceptors (Lipinski definition) is 5. The van der Waals surface area contributed by atoms with Crippen LogP contribution in [0, 0.1) is 12.8 Å². The number of piperidine rings is 1. The quantitative estimate of drug-likeness (QED) is 0.500. The number of aromatic nitrogens is 2. The maximum atomic E-state index is 13.8. The number of para-hydroxylation sites is 1. The van der Waals surface area contributed by atoms with E-state index in [4.69, 9.17) is 9.47 Å². The van der Waals surface area contributed by atoms with Gasteiger partial charge in [-0.2, -0.15) is 5.10 Å². The van der Waals surface area contributed by atoms with E-state index in [1.165, 1.54) is 0 Å². The minimum absolute atomic E-state index is 0.0250. The van der Waals surface area contributed by atoms with Crippen molar-refractivity contribution in [2.75, 3.05) is 31.2 Å². The van der Waals surface area contributed by atoms with E-state index < -0.39 is 0 Å². The van der Waals surface area contributed by atoms with Crippen LogP contribution in [0.4, 0.5) is 5.69 Å². The Morgan fingerprint density at radius 3 is 2.56 bits per heavy atom. The summed E-state index contributed by atoms with van der Waals surface area (Å²) >= 11 is 0. The smallest absolute Gasteiger partial charge is 0.258 e. The zero-order valence-electron chi connectivity index (χ0n) is 22.8. The molecule has 4 heterocycles. The number of fused-ring (bicyclic) bond motifs is 2. The van der Waals surface area contributed by atoms with Gasteiger partial charge >= 0.3 is 0 Å². The van der Waals surface area contributed by atoms with Gasteiger partial charge in [-0.1, -0.05) is 24.3 Å². The van der Waals surface area contributed by atoms with Crippen LogP contribution in [0.5, 0.6) is 0 Å². The summed E-state index contributed by atoms with van der Waals surface area (Å²) in [5, 5.41) is 4.43. The third kappa shape index (κ3) is 5.23. The van der Waals surface area contributed by atoms with Gasteiger partial charge in [0, 0.05) is 61.4 Å². The summed E-state index contributed by atoms with van der Waals surface area (Å²) in [7, 11) is 1.95. The number of carbonyl (C=O) groups is 2. The van der Waals surface area contributed by atoms with Crippen LogP contribution in [0.2, 0.25) is 0 Å². The van der Waals surface area contributed by atoms with Crippen molar-refractivity contribution in [1.82, 2.24) is 14.7 Å². The average Bonchev–Trinajstić information content (AvgIpc) is 3.58. The molecule has 2 amide bonds. The van der Waals surface area contributed by atoms with Crippen molar-refractivity contribution < 1.29 is 19.1 Å². The van der Waals surface area contributed by atoms with Crippen LogP contribution in [0.3, 0.4) is 0 Å². The van der Waals surface area contributed by atoms with Crippen LogP contribution in [0.25, 0.3) is 0 Å². The van der Waals surface area contributed by atoms with Crippen molar-refractivity contribution >= 4 is 17.5 Å². The van der Waals surface area contributed by atoms with Crippen LogP contribution in [0.15, 0.2) is 48.7 Å². The fourth-order valence-corrected chi connectivity index (χ4v) is 6.14. The van der Waals surface area contributed by atoms with Gasteiger partial charge in [0.2, 0.25) is 5.91 Å². The molecule has 3 aliphatic rings. The zero-order valence-corrected chi connectivity index (χ0v) is 22.8. The van der Waals surface area contributed by atoms with E-state index in [1.807, 2.05) is 71.0 Å². The van der Waals surface area contributed by atoms with Gasteiger partial charge in [0.1, 0.15) is 0 Å². The second kappa shape index (κ2) is 10.9. The molecule has 0 N–H and O–H groups in total. The number of likely N-dealkylation sites (tertiary alicyclic amines) is 1. The Bertz CT molecular complexity index is 1370. The highest BCUT2D eigenvalue weighted by molar-refractivity contribution is 6.06. The van der Waals surface area contributed by atoms with E-state index >= 15 is 0 Å². The van der Waals surface area contributed by atoms with E-state index in [9.17, 15) is 9.59 Å². The van der Waals surface area contributed by atoms with E-state index in [0.717, 1.165) is 66.0 Å². The Labute approximate surface area is 229 Å². The van der Waals surface area contributed by atoms with Crippen molar-refractivity contribution in [2.24, 2.45) is 13.0 Å². The highest BCUT2D eigenvalue weighted by atomic mass is 16.7. The molecule has 2 aromatic carbocycles. The minimum Gasteiger partial charge on any atom is -0.350 e. The van der Waals surface area contributed by atoms with E-state index in [2.05, 4.69) is 11.2 Å². The topological polar surface area (TPSA) is 76.9 Å². The molecule has 0 aliphatic carbocycles. The Kier molecular flexibility index (Phi) is 7.23. The second-order valence-corrected chi connectivity index (χ2v) is 10.9. The highest BCUT2D eigenvalue weighted by Gasteiger charge is 2.32. The SMILES string of the molecule is Cc1cc(C(=O)N2Cc3cnn(C)c3Cc3ccccc32)ccc1CCC(=O)N1CCC(C2OCCO2)CC1. The summed E-state index contributed by atoms with van der Waals surface area (Å²) in [6, 6.07) is 14.0. The van der Waals surface area contributed by atoms with Crippen LogP contribution in [-0.4, -0.2) is 59.1 Å². The summed E-state index contributed by atoms with van der Waals surface area (Å²) in [4.78, 5) is 30.6. The van der Waals surface area contributed by atoms with E-state index in [-0.39, 0.29) is 18.1 Å². The van der Waals surface area contributed by atoms with Gasteiger partial charge in [0.25, 0.3) is 5.91 Å². The number of anilines is 1. The molecule has 0 radical (unpaired) electrons. The third-order valence-corrected chi connectivity index (χ3v) is 8.48. The Morgan fingerprint density at radius 1 is 1.03 bits per heavy atom. The number of ether oxygens (including phenoxy) is 2. The minimum atomic E-state index is -0.0969. The number of amides is 2. The van der Waals surface area contributed by atoms with Crippen LogP contribution < -0.4 is 4.90 Å². The van der Waals surface area contributed by atoms with Gasteiger partial charge in [0.05, 0.1) is 26.0 Å². The molecule has 0 bridgehead atoms. The van der Waals surface area contributed by atoms with Gasteiger partial charge in [-0.25, -0.2) is 0 Å². The number of aryl methyl sites for hydroxylation is 3. The number of rotatable bonds is 5. The van der Waals surface area contributed by atoms with Crippen molar-refractivity contribution in [3.05, 3.63) is 82.2 Å². The number of nitrogens with zero attached hydrogens (tertiary/aromatic N) is 4. The Balaban J connectivity index is 1.11. The molecule has 3 aliphatic heterocycles. The lowest BCUT2D eigenvalue weighted by atomic mass is 9.95. The zero-order chi connectivity index (χ0) is 26.9. The summed E-state index contributed by atoms with van der Waals surface area (Å²) in [5.41, 5.74) is 7.07. The molecule has 0 atom stereocenters. The fraction of sp³-hybridized carbons (Fsp3) is 0.452. The predicted molar refractivity (Wildman–Crippen MR) is 147 cm³/mol. The Morgan fingerprint density at radius 2 is 1.79 bits per heavy atom. The standard InChI is InChI=1S/C31H36N4O4/c1-21-17-25(30(37)35-20-26-19-32-33(2)28(26)18-24-5-3-4-6-27(24)35)8-7-22(21)9-10-29(36)34-13-11-23(12-14-34)31-38-15-16-39-31/h3-8,17,19,23,31H,9-16,18,20H2,1-2H3. The molecular formula is C31H36N4O4. The highest BCUT2D eigenvalue weighted by Crippen LogP contribution is 2.32. The summed E-state index contributed by atoms with van der Waals surface area (Å²) in [6.45, 7) is 5.38. The first kappa shape index (κ1) is 25.8. The van der Waals surface area contributed by atoms with Crippen LogP contribution in [0.1, 0.15) is 57.6 Å². The van der Waals surface area contributed by atoms with Crippen molar-refractivity contribution in [1.29, 1.82) is 0 Å². The second-order valence-electron chi connectivity index (χ2n) is 10.9. The van der Waals surface area contributed by atoms with Gasteiger partial charge in [-0.3, -0.25) is 14.3 Å². The number of carbonyl (C=O) groups excluding carboxylic acids is 2. The van der Waals surface area contributed by atoms with Gasteiger partial charge < -0.3 is 19.3 Å².